The summed E-state index contributed by atoms with van der Waals surface area (Å²) in [5.41, 5.74) is 0. The molecule has 0 aliphatic carbocycles. The van der Waals surface area contributed by atoms with Crippen LogP contribution in [0, 0.1) is 11.3 Å². The second-order valence-electron chi connectivity index (χ2n) is 4.00. The Morgan fingerprint density at radius 3 is 2.94 bits per heavy atom. The average Bonchev–Trinajstić information content (AvgIpc) is 2.68. The Morgan fingerprint density at radius 1 is 1.67 bits per heavy atom. The Kier molecular flexibility index (Phi) is 5.72. The molecule has 0 saturated carbocycles. The van der Waals surface area contributed by atoms with E-state index in [-0.39, 0.29) is 29.4 Å². The van der Waals surface area contributed by atoms with Crippen molar-refractivity contribution in [2.45, 2.75) is 31.1 Å². The summed E-state index contributed by atoms with van der Waals surface area (Å²) in [6.07, 6.45) is 1.97. The molecule has 98 valence electrons. The topological polar surface area (TPSA) is 70.4 Å². The SMILES string of the molecule is C=CCOC(=O)N1C[C@@H](SC(C)=O)C[C@H]1CC#N. The van der Waals surface area contributed by atoms with Crippen LogP contribution in [-0.2, 0) is 9.53 Å². The fourth-order valence-electron chi connectivity index (χ4n) is 1.93. The van der Waals surface area contributed by atoms with Crippen molar-refractivity contribution in [1.29, 1.82) is 5.26 Å². The van der Waals surface area contributed by atoms with Gasteiger partial charge in [-0.1, -0.05) is 24.4 Å². The number of nitriles is 1. The monoisotopic (exact) mass is 268 g/mol. The molecule has 1 aliphatic rings. The lowest BCUT2D eigenvalue weighted by Gasteiger charge is -2.21. The van der Waals surface area contributed by atoms with Crippen LogP contribution in [-0.4, -0.2) is 40.6 Å². The number of nitrogens with zero attached hydrogens (tertiary/aromatic N) is 2. The molecule has 0 N–H and O–H groups in total. The first kappa shape index (κ1) is 14.6. The van der Waals surface area contributed by atoms with Gasteiger partial charge in [0.15, 0.2) is 5.12 Å². The Bertz CT molecular complexity index is 378. The van der Waals surface area contributed by atoms with Gasteiger partial charge < -0.3 is 9.64 Å². The molecule has 2 atom stereocenters. The summed E-state index contributed by atoms with van der Waals surface area (Å²) >= 11 is 1.22. The third-order valence-electron chi connectivity index (χ3n) is 2.59. The normalized spacial score (nSPS) is 22.3. The van der Waals surface area contributed by atoms with Gasteiger partial charge in [0.05, 0.1) is 12.5 Å². The Labute approximate surface area is 111 Å². The van der Waals surface area contributed by atoms with Crippen LogP contribution in [0.25, 0.3) is 0 Å². The van der Waals surface area contributed by atoms with Crippen LogP contribution in [0.5, 0.6) is 0 Å². The van der Waals surface area contributed by atoms with Crippen molar-refractivity contribution in [2.24, 2.45) is 0 Å². The Hall–Kier alpha value is -1.48. The molecule has 6 heteroatoms. The zero-order valence-electron chi connectivity index (χ0n) is 10.3. The third-order valence-corrected chi connectivity index (χ3v) is 3.60. The van der Waals surface area contributed by atoms with Crippen LogP contribution in [0.3, 0.4) is 0 Å². The summed E-state index contributed by atoms with van der Waals surface area (Å²) < 4.78 is 4.97. The van der Waals surface area contributed by atoms with E-state index < -0.39 is 6.09 Å². The van der Waals surface area contributed by atoms with Crippen molar-refractivity contribution in [1.82, 2.24) is 4.90 Å². The first-order valence-electron chi connectivity index (χ1n) is 5.67. The van der Waals surface area contributed by atoms with E-state index in [9.17, 15) is 9.59 Å². The van der Waals surface area contributed by atoms with Crippen LogP contribution in [0.1, 0.15) is 19.8 Å². The highest BCUT2D eigenvalue weighted by atomic mass is 32.2. The summed E-state index contributed by atoms with van der Waals surface area (Å²) in [4.78, 5) is 24.4. The number of thioether (sulfide) groups is 1. The Balaban J connectivity index is 2.62. The quantitative estimate of drug-likeness (QED) is 0.729. The van der Waals surface area contributed by atoms with Crippen molar-refractivity contribution in [2.75, 3.05) is 13.2 Å². The van der Waals surface area contributed by atoms with Gasteiger partial charge >= 0.3 is 6.09 Å². The minimum absolute atomic E-state index is 0.0250. The number of likely N-dealkylation sites (tertiary alicyclic amines) is 1. The molecule has 1 heterocycles. The van der Waals surface area contributed by atoms with Gasteiger partial charge in [-0.2, -0.15) is 5.26 Å². The zero-order chi connectivity index (χ0) is 13.5. The molecule has 0 spiro atoms. The maximum absolute atomic E-state index is 11.8. The van der Waals surface area contributed by atoms with E-state index in [0.29, 0.717) is 13.0 Å². The van der Waals surface area contributed by atoms with Gasteiger partial charge in [0.1, 0.15) is 6.61 Å². The van der Waals surface area contributed by atoms with Gasteiger partial charge in [-0.25, -0.2) is 4.79 Å². The van der Waals surface area contributed by atoms with Crippen LogP contribution in [0.2, 0.25) is 0 Å². The lowest BCUT2D eigenvalue weighted by atomic mass is 10.2. The molecule has 5 nitrogen and oxygen atoms in total. The number of amides is 1. The van der Waals surface area contributed by atoms with E-state index in [1.54, 1.807) is 0 Å². The molecule has 0 aromatic rings. The predicted molar refractivity (Wildman–Crippen MR) is 68.9 cm³/mol. The van der Waals surface area contributed by atoms with Gasteiger partial charge in [-0.3, -0.25) is 4.79 Å². The second-order valence-corrected chi connectivity index (χ2v) is 5.48. The van der Waals surface area contributed by atoms with E-state index in [2.05, 4.69) is 12.6 Å². The van der Waals surface area contributed by atoms with E-state index in [4.69, 9.17) is 10.00 Å². The van der Waals surface area contributed by atoms with Crippen LogP contribution in [0.15, 0.2) is 12.7 Å². The first-order chi connectivity index (χ1) is 8.58. The van der Waals surface area contributed by atoms with Crippen LogP contribution in [0.4, 0.5) is 4.79 Å². The summed E-state index contributed by atoms with van der Waals surface area (Å²) in [6.45, 7) is 5.58. The first-order valence-corrected chi connectivity index (χ1v) is 6.55. The maximum Gasteiger partial charge on any atom is 0.410 e. The van der Waals surface area contributed by atoms with Crippen LogP contribution >= 0.6 is 11.8 Å². The molecule has 1 fully saturated rings. The minimum atomic E-state index is -0.443. The highest BCUT2D eigenvalue weighted by Crippen LogP contribution is 2.29. The molecule has 1 saturated heterocycles. The predicted octanol–water partition coefficient (Wildman–Crippen LogP) is 1.95. The van der Waals surface area contributed by atoms with E-state index in [1.165, 1.54) is 29.7 Å². The fourth-order valence-corrected chi connectivity index (χ4v) is 2.95. The van der Waals surface area contributed by atoms with Crippen LogP contribution < -0.4 is 0 Å². The van der Waals surface area contributed by atoms with Gasteiger partial charge in [-0.15, -0.1) is 0 Å². The van der Waals surface area contributed by atoms with Crippen molar-refractivity contribution in [3.8, 4) is 6.07 Å². The highest BCUT2D eigenvalue weighted by Gasteiger charge is 2.36. The summed E-state index contributed by atoms with van der Waals surface area (Å²) in [6, 6.07) is 1.90. The van der Waals surface area contributed by atoms with E-state index in [0.717, 1.165) is 0 Å². The summed E-state index contributed by atoms with van der Waals surface area (Å²) in [5.74, 6) is 0. The number of rotatable bonds is 4. The minimum Gasteiger partial charge on any atom is -0.445 e. The van der Waals surface area contributed by atoms with Crippen molar-refractivity contribution in [3.63, 3.8) is 0 Å². The lowest BCUT2D eigenvalue weighted by molar-refractivity contribution is -0.109. The Morgan fingerprint density at radius 2 is 2.39 bits per heavy atom. The molecular formula is C12H16N2O3S. The van der Waals surface area contributed by atoms with Crippen molar-refractivity contribution in [3.05, 3.63) is 12.7 Å². The molecule has 1 rings (SSSR count). The molecular weight excluding hydrogens is 252 g/mol. The molecule has 18 heavy (non-hydrogen) atoms. The molecule has 0 unspecified atom stereocenters. The molecule has 1 aliphatic heterocycles. The average molecular weight is 268 g/mol. The number of hydrogen-bond acceptors (Lipinski definition) is 5. The molecule has 0 bridgehead atoms. The second kappa shape index (κ2) is 7.07. The van der Waals surface area contributed by atoms with E-state index >= 15 is 0 Å². The van der Waals surface area contributed by atoms with Gasteiger partial charge in [0, 0.05) is 24.8 Å². The number of carbonyl (C=O) groups excluding carboxylic acids is 2. The van der Waals surface area contributed by atoms with Gasteiger partial charge in [-0.05, 0) is 6.42 Å². The smallest absolute Gasteiger partial charge is 0.410 e. The zero-order valence-corrected chi connectivity index (χ0v) is 11.1. The maximum atomic E-state index is 11.8. The molecule has 1 amide bonds. The lowest BCUT2D eigenvalue weighted by Crippen LogP contribution is -2.36. The van der Waals surface area contributed by atoms with Crippen molar-refractivity contribution >= 4 is 23.0 Å². The van der Waals surface area contributed by atoms with Gasteiger partial charge in [0.25, 0.3) is 0 Å². The molecule has 0 aromatic heterocycles. The standard InChI is InChI=1S/C12H16N2O3S/c1-3-6-17-12(16)14-8-11(18-9(2)15)7-10(14)4-5-13/h3,10-11H,1,4,6-8H2,2H3/t10-,11+/m1/s1. The number of hydrogen-bond donors (Lipinski definition) is 0. The number of carbonyl (C=O) groups is 2. The molecule has 0 aromatic carbocycles. The van der Waals surface area contributed by atoms with Crippen molar-refractivity contribution < 1.29 is 14.3 Å². The largest absolute Gasteiger partial charge is 0.445 e. The number of ether oxygens (including phenoxy) is 1. The third kappa shape index (κ3) is 4.08. The summed E-state index contributed by atoms with van der Waals surface area (Å²) in [7, 11) is 0. The summed E-state index contributed by atoms with van der Waals surface area (Å²) in [5, 5.41) is 8.83. The van der Waals surface area contributed by atoms with Gasteiger partial charge in [0.2, 0.25) is 0 Å². The highest BCUT2D eigenvalue weighted by molar-refractivity contribution is 8.14. The molecule has 0 radical (unpaired) electrons. The fraction of sp³-hybridized carbons (Fsp3) is 0.583. The van der Waals surface area contributed by atoms with E-state index in [1.807, 2.05) is 0 Å².